The van der Waals surface area contributed by atoms with Crippen molar-refractivity contribution < 1.29 is 4.74 Å². The highest BCUT2D eigenvalue weighted by molar-refractivity contribution is 5.28. The van der Waals surface area contributed by atoms with E-state index in [1.807, 2.05) is 13.0 Å². The average molecular weight is 262 g/mol. The molecule has 0 amide bonds. The molecule has 1 heterocycles. The molecule has 3 heteroatoms. The molecule has 1 aromatic rings. The number of nitrogens with one attached hydrogen (secondary N) is 1. The van der Waals surface area contributed by atoms with Crippen molar-refractivity contribution in [1.29, 1.82) is 0 Å². The van der Waals surface area contributed by atoms with E-state index < -0.39 is 0 Å². The number of rotatable bonds is 6. The number of piperazine rings is 1. The number of nitrogens with zero attached hydrogens (tertiary/aromatic N) is 1. The van der Waals surface area contributed by atoms with Crippen molar-refractivity contribution in [2.24, 2.45) is 5.92 Å². The van der Waals surface area contributed by atoms with Crippen molar-refractivity contribution in [3.8, 4) is 5.75 Å². The van der Waals surface area contributed by atoms with Crippen LogP contribution < -0.4 is 10.1 Å². The Hall–Kier alpha value is -1.06. The van der Waals surface area contributed by atoms with E-state index in [-0.39, 0.29) is 0 Å². The standard InChI is InChI=1S/C16H26N2O/c1-3-19-16-6-4-5-15(12-16)11-14(2)13-18-9-7-17-8-10-18/h4-6,12,14,17H,3,7-11,13H2,1-2H3. The second-order valence-electron chi connectivity index (χ2n) is 5.44. The van der Waals surface area contributed by atoms with E-state index in [1.54, 1.807) is 0 Å². The van der Waals surface area contributed by atoms with Gasteiger partial charge in [-0.25, -0.2) is 0 Å². The molecule has 0 saturated carbocycles. The van der Waals surface area contributed by atoms with Gasteiger partial charge in [0.25, 0.3) is 0 Å². The molecule has 0 aliphatic carbocycles. The van der Waals surface area contributed by atoms with Crippen LogP contribution >= 0.6 is 0 Å². The fraction of sp³-hybridized carbons (Fsp3) is 0.625. The molecule has 1 fully saturated rings. The van der Waals surface area contributed by atoms with Crippen molar-refractivity contribution in [1.82, 2.24) is 10.2 Å². The molecule has 0 spiro atoms. The maximum atomic E-state index is 5.56. The van der Waals surface area contributed by atoms with E-state index in [9.17, 15) is 0 Å². The second-order valence-corrected chi connectivity index (χ2v) is 5.44. The summed E-state index contributed by atoms with van der Waals surface area (Å²) in [6.07, 6.45) is 1.13. The Labute approximate surface area is 116 Å². The summed E-state index contributed by atoms with van der Waals surface area (Å²) in [5.74, 6) is 1.68. The van der Waals surface area contributed by atoms with Crippen LogP contribution in [0.2, 0.25) is 0 Å². The molecule has 3 nitrogen and oxygen atoms in total. The van der Waals surface area contributed by atoms with E-state index in [4.69, 9.17) is 4.74 Å². The van der Waals surface area contributed by atoms with Crippen LogP contribution in [0.5, 0.6) is 5.75 Å². The minimum Gasteiger partial charge on any atom is -0.494 e. The second kappa shape index (κ2) is 7.51. The summed E-state index contributed by atoms with van der Waals surface area (Å²) in [7, 11) is 0. The van der Waals surface area contributed by atoms with Gasteiger partial charge in [-0.05, 0) is 37.0 Å². The van der Waals surface area contributed by atoms with Crippen LogP contribution in [0.3, 0.4) is 0 Å². The molecule has 2 rings (SSSR count). The molecule has 1 unspecified atom stereocenters. The lowest BCUT2D eigenvalue weighted by Gasteiger charge is -2.29. The van der Waals surface area contributed by atoms with Crippen LogP contribution in [0, 0.1) is 5.92 Å². The molecule has 1 aliphatic heterocycles. The molecule has 106 valence electrons. The predicted octanol–water partition coefficient (Wildman–Crippen LogP) is 2.17. The Balaban J connectivity index is 1.83. The highest BCUT2D eigenvalue weighted by Gasteiger charge is 2.13. The Morgan fingerprint density at radius 1 is 1.32 bits per heavy atom. The molecule has 1 atom stereocenters. The van der Waals surface area contributed by atoms with E-state index in [0.717, 1.165) is 31.9 Å². The average Bonchev–Trinajstić information content (AvgIpc) is 2.40. The normalized spacial score (nSPS) is 18.2. The fourth-order valence-electron chi connectivity index (χ4n) is 2.73. The molecule has 0 radical (unpaired) electrons. The largest absolute Gasteiger partial charge is 0.494 e. The summed E-state index contributed by atoms with van der Waals surface area (Å²) >= 11 is 0. The topological polar surface area (TPSA) is 24.5 Å². The molecule has 1 aliphatic rings. The van der Waals surface area contributed by atoms with Crippen LogP contribution in [-0.2, 0) is 6.42 Å². The van der Waals surface area contributed by atoms with Gasteiger partial charge < -0.3 is 15.0 Å². The van der Waals surface area contributed by atoms with Gasteiger partial charge in [0.15, 0.2) is 0 Å². The summed E-state index contributed by atoms with van der Waals surface area (Å²) in [6, 6.07) is 8.51. The fourth-order valence-corrected chi connectivity index (χ4v) is 2.73. The highest BCUT2D eigenvalue weighted by atomic mass is 16.5. The van der Waals surface area contributed by atoms with Gasteiger partial charge in [0, 0.05) is 32.7 Å². The Bertz CT molecular complexity index is 375. The first kappa shape index (κ1) is 14.4. The van der Waals surface area contributed by atoms with Crippen LogP contribution in [0.25, 0.3) is 0 Å². The predicted molar refractivity (Wildman–Crippen MR) is 79.8 cm³/mol. The molecular formula is C16H26N2O. The molecule has 1 N–H and O–H groups in total. The summed E-state index contributed by atoms with van der Waals surface area (Å²) in [5.41, 5.74) is 1.38. The molecule has 19 heavy (non-hydrogen) atoms. The molecule has 0 bridgehead atoms. The molecule has 0 aromatic heterocycles. The van der Waals surface area contributed by atoms with E-state index in [1.165, 1.54) is 25.2 Å². The lowest BCUT2D eigenvalue weighted by molar-refractivity contribution is 0.211. The quantitative estimate of drug-likeness (QED) is 0.850. The number of ether oxygens (including phenoxy) is 1. The van der Waals surface area contributed by atoms with Crippen molar-refractivity contribution in [2.75, 3.05) is 39.3 Å². The monoisotopic (exact) mass is 262 g/mol. The Morgan fingerprint density at radius 2 is 2.11 bits per heavy atom. The van der Waals surface area contributed by atoms with Crippen LogP contribution in [0.1, 0.15) is 19.4 Å². The zero-order valence-electron chi connectivity index (χ0n) is 12.2. The first-order valence-electron chi connectivity index (χ1n) is 7.42. The summed E-state index contributed by atoms with van der Waals surface area (Å²) in [5, 5.41) is 3.40. The lowest BCUT2D eigenvalue weighted by Crippen LogP contribution is -2.45. The smallest absolute Gasteiger partial charge is 0.119 e. The van der Waals surface area contributed by atoms with Gasteiger partial charge in [-0.2, -0.15) is 0 Å². The minimum absolute atomic E-state index is 0.690. The van der Waals surface area contributed by atoms with Gasteiger partial charge >= 0.3 is 0 Å². The Morgan fingerprint density at radius 3 is 2.84 bits per heavy atom. The maximum absolute atomic E-state index is 5.56. The lowest BCUT2D eigenvalue weighted by atomic mass is 10.00. The van der Waals surface area contributed by atoms with Gasteiger partial charge in [-0.15, -0.1) is 0 Å². The van der Waals surface area contributed by atoms with E-state index in [0.29, 0.717) is 5.92 Å². The SMILES string of the molecule is CCOc1cccc(CC(C)CN2CCNCC2)c1. The van der Waals surface area contributed by atoms with Crippen molar-refractivity contribution >= 4 is 0 Å². The van der Waals surface area contributed by atoms with Crippen molar-refractivity contribution in [2.45, 2.75) is 20.3 Å². The Kier molecular flexibility index (Phi) is 5.67. The van der Waals surface area contributed by atoms with Gasteiger partial charge in [-0.3, -0.25) is 0 Å². The van der Waals surface area contributed by atoms with Gasteiger partial charge in [0.2, 0.25) is 0 Å². The third kappa shape index (κ3) is 4.84. The van der Waals surface area contributed by atoms with Crippen LogP contribution in [0.4, 0.5) is 0 Å². The van der Waals surface area contributed by atoms with Crippen LogP contribution in [-0.4, -0.2) is 44.2 Å². The molecule has 1 saturated heterocycles. The highest BCUT2D eigenvalue weighted by Crippen LogP contribution is 2.17. The minimum atomic E-state index is 0.690. The summed E-state index contributed by atoms with van der Waals surface area (Å²) in [6.45, 7) is 10.9. The first-order valence-corrected chi connectivity index (χ1v) is 7.42. The van der Waals surface area contributed by atoms with Gasteiger partial charge in [0.05, 0.1) is 6.61 Å². The number of hydrogen-bond donors (Lipinski definition) is 1. The zero-order valence-corrected chi connectivity index (χ0v) is 12.2. The maximum Gasteiger partial charge on any atom is 0.119 e. The van der Waals surface area contributed by atoms with Gasteiger partial charge in [0.1, 0.15) is 5.75 Å². The molecule has 1 aromatic carbocycles. The number of benzene rings is 1. The summed E-state index contributed by atoms with van der Waals surface area (Å²) in [4.78, 5) is 2.56. The van der Waals surface area contributed by atoms with E-state index in [2.05, 4.69) is 35.3 Å². The number of hydrogen-bond acceptors (Lipinski definition) is 3. The first-order chi connectivity index (χ1) is 9.28. The van der Waals surface area contributed by atoms with Gasteiger partial charge in [-0.1, -0.05) is 19.1 Å². The third-order valence-corrected chi connectivity index (χ3v) is 3.57. The van der Waals surface area contributed by atoms with Crippen molar-refractivity contribution in [3.63, 3.8) is 0 Å². The van der Waals surface area contributed by atoms with Crippen molar-refractivity contribution in [3.05, 3.63) is 29.8 Å². The van der Waals surface area contributed by atoms with Crippen LogP contribution in [0.15, 0.2) is 24.3 Å². The zero-order chi connectivity index (χ0) is 13.5. The molecular weight excluding hydrogens is 236 g/mol. The van der Waals surface area contributed by atoms with E-state index >= 15 is 0 Å². The third-order valence-electron chi connectivity index (χ3n) is 3.57. The summed E-state index contributed by atoms with van der Waals surface area (Å²) < 4.78 is 5.56.